The van der Waals surface area contributed by atoms with Gasteiger partial charge in [0.2, 0.25) is 5.89 Å². The van der Waals surface area contributed by atoms with Crippen molar-refractivity contribution in [1.82, 2.24) is 10.1 Å². The Hall–Kier alpha value is -0.200. The smallest absolute Gasteiger partial charge is 0.234 e. The molecule has 0 saturated carbocycles. The minimum Gasteiger partial charge on any atom is -0.339 e. The van der Waals surface area contributed by atoms with E-state index in [2.05, 4.69) is 37.8 Å². The number of aromatic nitrogens is 2. The van der Waals surface area contributed by atoms with Gasteiger partial charge in [-0.3, -0.25) is 0 Å². The lowest BCUT2D eigenvalue weighted by Gasteiger charge is -2.29. The molecule has 3 unspecified atom stereocenters. The van der Waals surface area contributed by atoms with Crippen molar-refractivity contribution in [3.8, 4) is 0 Å². The van der Waals surface area contributed by atoms with Gasteiger partial charge >= 0.3 is 0 Å². The van der Waals surface area contributed by atoms with Gasteiger partial charge in [-0.1, -0.05) is 32.9 Å². The minimum atomic E-state index is -0.156. The number of hydrogen-bond acceptors (Lipinski definition) is 6. The second-order valence-electron chi connectivity index (χ2n) is 5.52. The number of nitrogens with zero attached hydrogens (tertiary/aromatic N) is 2. The molecule has 0 aliphatic carbocycles. The van der Waals surface area contributed by atoms with E-state index in [-0.39, 0.29) is 5.41 Å². The zero-order valence-electron chi connectivity index (χ0n) is 12.8. The third-order valence-electron chi connectivity index (χ3n) is 4.48. The van der Waals surface area contributed by atoms with Gasteiger partial charge in [-0.05, 0) is 12.8 Å². The van der Waals surface area contributed by atoms with E-state index >= 15 is 0 Å². The molecule has 0 amide bonds. The summed E-state index contributed by atoms with van der Waals surface area (Å²) in [6.07, 6.45) is 1.86. The van der Waals surface area contributed by atoms with Crippen LogP contribution in [0.4, 0.5) is 0 Å². The predicted molar refractivity (Wildman–Crippen MR) is 87.3 cm³/mol. The maximum absolute atomic E-state index is 5.95. The Bertz CT molecular complexity index is 426. The van der Waals surface area contributed by atoms with Crippen molar-refractivity contribution in [3.63, 3.8) is 0 Å². The number of hydrogen-bond donors (Lipinski definition) is 1. The Morgan fingerprint density at radius 1 is 1.30 bits per heavy atom. The van der Waals surface area contributed by atoms with Gasteiger partial charge in [0.15, 0.2) is 5.82 Å². The summed E-state index contributed by atoms with van der Waals surface area (Å²) in [6.45, 7) is 9.39. The van der Waals surface area contributed by atoms with Crippen molar-refractivity contribution in [2.75, 3.05) is 12.3 Å². The third kappa shape index (κ3) is 3.02. The summed E-state index contributed by atoms with van der Waals surface area (Å²) in [4.78, 5) is 4.69. The van der Waals surface area contributed by atoms with Gasteiger partial charge < -0.3 is 10.3 Å². The molecule has 3 atom stereocenters. The van der Waals surface area contributed by atoms with E-state index < -0.39 is 0 Å². The van der Waals surface area contributed by atoms with Crippen LogP contribution in [0.1, 0.15) is 57.5 Å². The van der Waals surface area contributed by atoms with Crippen molar-refractivity contribution >= 4 is 23.5 Å². The molecule has 0 radical (unpaired) electrons. The van der Waals surface area contributed by atoms with E-state index in [1.807, 2.05) is 23.5 Å². The quantitative estimate of drug-likeness (QED) is 0.898. The lowest BCUT2D eigenvalue weighted by atomic mass is 9.82. The van der Waals surface area contributed by atoms with E-state index in [4.69, 9.17) is 10.3 Å². The van der Waals surface area contributed by atoms with Crippen LogP contribution in [0.3, 0.4) is 0 Å². The lowest BCUT2D eigenvalue weighted by Crippen LogP contribution is -2.34. The molecule has 2 N–H and O–H groups in total. The molecule has 1 aromatic rings. The molecule has 6 heteroatoms. The minimum absolute atomic E-state index is 0.156. The molecule has 1 aromatic heterocycles. The highest BCUT2D eigenvalue weighted by Gasteiger charge is 2.35. The van der Waals surface area contributed by atoms with E-state index in [0.717, 1.165) is 30.3 Å². The summed E-state index contributed by atoms with van der Waals surface area (Å²) in [7, 11) is 0. The standard InChI is InChI=1S/C14H25N3OS2/c1-5-14(6-2,8-15)13-16-12(17-18-13)11-7-19-9(3)10(4)20-11/h9-11H,5-8,15H2,1-4H3. The van der Waals surface area contributed by atoms with Crippen molar-refractivity contribution in [1.29, 1.82) is 0 Å². The van der Waals surface area contributed by atoms with E-state index in [9.17, 15) is 0 Å². The molecule has 1 aliphatic heterocycles. The summed E-state index contributed by atoms with van der Waals surface area (Å²) >= 11 is 3.95. The highest BCUT2D eigenvalue weighted by atomic mass is 32.2. The van der Waals surface area contributed by atoms with Crippen molar-refractivity contribution in [2.45, 2.75) is 61.7 Å². The normalized spacial score (nSPS) is 27.8. The number of nitrogens with two attached hydrogens (primary N) is 1. The van der Waals surface area contributed by atoms with E-state index in [0.29, 0.717) is 22.3 Å². The summed E-state index contributed by atoms with van der Waals surface area (Å²) in [5.74, 6) is 2.62. The Labute approximate surface area is 130 Å². The van der Waals surface area contributed by atoms with Crippen LogP contribution in [0, 0.1) is 0 Å². The molecule has 1 aliphatic rings. The maximum Gasteiger partial charge on any atom is 0.234 e. The molecule has 0 aromatic carbocycles. The summed E-state index contributed by atoms with van der Waals surface area (Å²) < 4.78 is 5.55. The van der Waals surface area contributed by atoms with Gasteiger partial charge in [0, 0.05) is 22.8 Å². The largest absolute Gasteiger partial charge is 0.339 e. The van der Waals surface area contributed by atoms with Gasteiger partial charge in [0.25, 0.3) is 0 Å². The molecule has 2 rings (SSSR count). The molecular formula is C14H25N3OS2. The van der Waals surface area contributed by atoms with Crippen LogP contribution < -0.4 is 5.73 Å². The molecule has 114 valence electrons. The average Bonchev–Trinajstić information content (AvgIpc) is 2.95. The van der Waals surface area contributed by atoms with Gasteiger partial charge in [0.05, 0.1) is 10.7 Å². The summed E-state index contributed by atoms with van der Waals surface area (Å²) in [6, 6.07) is 0. The molecule has 1 saturated heterocycles. The number of thioether (sulfide) groups is 2. The first-order valence-electron chi connectivity index (χ1n) is 7.37. The van der Waals surface area contributed by atoms with Crippen LogP contribution in [0.15, 0.2) is 4.52 Å². The molecule has 2 heterocycles. The molecular weight excluding hydrogens is 290 g/mol. The van der Waals surface area contributed by atoms with Gasteiger partial charge in [0.1, 0.15) is 0 Å². The highest BCUT2D eigenvalue weighted by molar-refractivity contribution is 8.07. The fraction of sp³-hybridized carbons (Fsp3) is 0.857. The molecule has 0 spiro atoms. The monoisotopic (exact) mass is 315 g/mol. The van der Waals surface area contributed by atoms with Gasteiger partial charge in [-0.2, -0.15) is 16.7 Å². The summed E-state index contributed by atoms with van der Waals surface area (Å²) in [5, 5.41) is 5.89. The van der Waals surface area contributed by atoms with Crippen LogP contribution in [0.2, 0.25) is 0 Å². The van der Waals surface area contributed by atoms with Crippen molar-refractivity contribution in [3.05, 3.63) is 11.7 Å². The Balaban J connectivity index is 2.16. The SMILES string of the molecule is CCC(CC)(CN)c1nc(C2CSC(C)C(C)S2)no1. The Morgan fingerprint density at radius 2 is 2.00 bits per heavy atom. The fourth-order valence-corrected chi connectivity index (χ4v) is 5.26. The highest BCUT2D eigenvalue weighted by Crippen LogP contribution is 2.43. The van der Waals surface area contributed by atoms with E-state index in [1.165, 1.54) is 0 Å². The third-order valence-corrected chi connectivity index (χ3v) is 7.86. The van der Waals surface area contributed by atoms with Gasteiger partial charge in [-0.25, -0.2) is 0 Å². The topological polar surface area (TPSA) is 64.9 Å². The molecule has 0 bridgehead atoms. The first kappa shape index (κ1) is 16.2. The average molecular weight is 316 g/mol. The van der Waals surface area contributed by atoms with Crippen LogP contribution >= 0.6 is 23.5 Å². The Morgan fingerprint density at radius 3 is 2.55 bits per heavy atom. The molecule has 20 heavy (non-hydrogen) atoms. The second-order valence-corrected chi connectivity index (χ2v) is 8.51. The zero-order valence-corrected chi connectivity index (χ0v) is 14.4. The number of rotatable bonds is 5. The van der Waals surface area contributed by atoms with Crippen LogP contribution in [0.5, 0.6) is 0 Å². The maximum atomic E-state index is 5.95. The Kier molecular flexibility index (Phi) is 5.42. The van der Waals surface area contributed by atoms with Crippen LogP contribution in [-0.4, -0.2) is 32.9 Å². The van der Waals surface area contributed by atoms with Gasteiger partial charge in [-0.15, -0.1) is 11.8 Å². The predicted octanol–water partition coefficient (Wildman–Crippen LogP) is 3.38. The van der Waals surface area contributed by atoms with Crippen LogP contribution in [0.25, 0.3) is 0 Å². The van der Waals surface area contributed by atoms with Crippen molar-refractivity contribution in [2.24, 2.45) is 5.73 Å². The second kappa shape index (κ2) is 6.71. The first-order chi connectivity index (χ1) is 9.56. The lowest BCUT2D eigenvalue weighted by molar-refractivity contribution is 0.266. The fourth-order valence-electron chi connectivity index (χ4n) is 2.43. The molecule has 1 fully saturated rings. The summed E-state index contributed by atoms with van der Waals surface area (Å²) in [5.41, 5.74) is 5.80. The zero-order chi connectivity index (χ0) is 14.8. The van der Waals surface area contributed by atoms with E-state index in [1.54, 1.807) is 0 Å². The first-order valence-corrected chi connectivity index (χ1v) is 9.36. The molecule has 4 nitrogen and oxygen atoms in total. The van der Waals surface area contributed by atoms with Crippen LogP contribution in [-0.2, 0) is 5.41 Å². The van der Waals surface area contributed by atoms with Crippen molar-refractivity contribution < 1.29 is 4.52 Å².